The fraction of sp³-hybridized carbons (Fsp3) is 0.300. The molecule has 0 aromatic heterocycles. The van der Waals surface area contributed by atoms with Crippen molar-refractivity contribution >= 4 is 5.97 Å². The van der Waals surface area contributed by atoms with E-state index in [0.29, 0.717) is 12.1 Å². The van der Waals surface area contributed by atoms with Gasteiger partial charge in [0.2, 0.25) is 0 Å². The molecular formula is C10H8F5NO2. The highest BCUT2D eigenvalue weighted by Crippen LogP contribution is 2.46. The van der Waals surface area contributed by atoms with Gasteiger partial charge in [0, 0.05) is 5.56 Å². The van der Waals surface area contributed by atoms with E-state index in [9.17, 15) is 26.7 Å². The van der Waals surface area contributed by atoms with E-state index >= 15 is 0 Å². The van der Waals surface area contributed by atoms with Gasteiger partial charge in [-0.25, -0.2) is 9.18 Å². The first-order valence-corrected chi connectivity index (χ1v) is 4.57. The topological polar surface area (TPSA) is 63.3 Å². The van der Waals surface area contributed by atoms with Crippen LogP contribution >= 0.6 is 0 Å². The van der Waals surface area contributed by atoms with Gasteiger partial charge in [-0.3, -0.25) is 5.73 Å². The Hall–Kier alpha value is -1.70. The van der Waals surface area contributed by atoms with Crippen molar-refractivity contribution in [1.29, 1.82) is 0 Å². The third kappa shape index (κ3) is 1.92. The molecule has 3 nitrogen and oxygen atoms in total. The zero-order valence-electron chi connectivity index (χ0n) is 8.71. The third-order valence-electron chi connectivity index (χ3n) is 2.32. The number of nitrogens with two attached hydrogens (primary N) is 1. The predicted octanol–water partition coefficient (Wildman–Crippen LogP) is 2.12. The molecule has 0 aliphatic carbocycles. The summed E-state index contributed by atoms with van der Waals surface area (Å²) in [5, 5.41) is 8.08. The first-order valence-electron chi connectivity index (χ1n) is 4.57. The maximum absolute atomic E-state index is 13.5. The number of benzene rings is 1. The molecule has 0 aliphatic rings. The number of hydrogen-bond donors (Lipinski definition) is 2. The SMILES string of the molecule is NC(F)(C(F)(F)C(=O)O)C(F)(F)c1ccccc1. The Morgan fingerprint density at radius 2 is 1.50 bits per heavy atom. The van der Waals surface area contributed by atoms with Crippen LogP contribution < -0.4 is 5.73 Å². The quantitative estimate of drug-likeness (QED) is 0.650. The fourth-order valence-corrected chi connectivity index (χ4v) is 1.21. The van der Waals surface area contributed by atoms with Crippen LogP contribution in [0.3, 0.4) is 0 Å². The minimum Gasteiger partial charge on any atom is -0.477 e. The molecule has 8 heteroatoms. The molecule has 0 radical (unpaired) electrons. The Kier molecular flexibility index (Phi) is 3.35. The molecule has 0 heterocycles. The lowest BCUT2D eigenvalue weighted by atomic mass is 9.94. The Morgan fingerprint density at radius 1 is 1.06 bits per heavy atom. The van der Waals surface area contributed by atoms with Crippen molar-refractivity contribution in [3.63, 3.8) is 0 Å². The smallest absolute Gasteiger partial charge is 0.395 e. The standard InChI is InChI=1S/C10H8F5NO2/c11-8(12,6-4-2-1-3-5-6)10(15,16)9(13,14)7(17)18/h1-5H,16H2,(H,17,18). The van der Waals surface area contributed by atoms with E-state index in [1.54, 1.807) is 0 Å². The third-order valence-corrected chi connectivity index (χ3v) is 2.32. The van der Waals surface area contributed by atoms with Gasteiger partial charge in [-0.15, -0.1) is 0 Å². The molecule has 0 amide bonds. The summed E-state index contributed by atoms with van der Waals surface area (Å²) in [5.74, 6) is -18.4. The summed E-state index contributed by atoms with van der Waals surface area (Å²) in [7, 11) is 0. The van der Waals surface area contributed by atoms with Crippen molar-refractivity contribution in [3.05, 3.63) is 35.9 Å². The molecule has 1 rings (SSSR count). The molecule has 1 unspecified atom stereocenters. The lowest BCUT2D eigenvalue weighted by Crippen LogP contribution is -2.65. The second-order valence-electron chi connectivity index (χ2n) is 3.53. The van der Waals surface area contributed by atoms with Gasteiger partial charge in [0.25, 0.3) is 0 Å². The minimum absolute atomic E-state index is 0.666. The van der Waals surface area contributed by atoms with Crippen LogP contribution in [-0.2, 0) is 10.7 Å². The molecule has 0 bridgehead atoms. The van der Waals surface area contributed by atoms with Crippen LogP contribution in [-0.4, -0.2) is 22.8 Å². The highest BCUT2D eigenvalue weighted by molar-refractivity contribution is 5.77. The number of aliphatic carboxylic acids is 1. The van der Waals surface area contributed by atoms with Crippen molar-refractivity contribution in [2.24, 2.45) is 5.73 Å². The summed E-state index contributed by atoms with van der Waals surface area (Å²) < 4.78 is 66.4. The maximum Gasteiger partial charge on any atom is 0.395 e. The van der Waals surface area contributed by atoms with Crippen LogP contribution in [0.2, 0.25) is 0 Å². The van der Waals surface area contributed by atoms with Crippen molar-refractivity contribution in [2.75, 3.05) is 0 Å². The second kappa shape index (κ2) is 4.20. The van der Waals surface area contributed by atoms with Crippen molar-refractivity contribution < 1.29 is 31.9 Å². The highest BCUT2D eigenvalue weighted by atomic mass is 19.3. The average molecular weight is 269 g/mol. The van der Waals surface area contributed by atoms with Crippen LogP contribution in [0.25, 0.3) is 0 Å². The summed E-state index contributed by atoms with van der Waals surface area (Å²) in [6.45, 7) is 0. The van der Waals surface area contributed by atoms with Gasteiger partial charge in [-0.2, -0.15) is 17.6 Å². The number of alkyl halides is 5. The van der Waals surface area contributed by atoms with Gasteiger partial charge in [-0.1, -0.05) is 30.3 Å². The predicted molar refractivity (Wildman–Crippen MR) is 50.9 cm³/mol. The average Bonchev–Trinajstić information content (AvgIpc) is 2.29. The Balaban J connectivity index is 3.31. The van der Waals surface area contributed by atoms with E-state index in [4.69, 9.17) is 5.11 Å². The number of rotatable bonds is 4. The first kappa shape index (κ1) is 14.4. The number of carboxylic acids is 1. The van der Waals surface area contributed by atoms with Crippen molar-refractivity contribution in [2.45, 2.75) is 17.6 Å². The second-order valence-corrected chi connectivity index (χ2v) is 3.53. The van der Waals surface area contributed by atoms with E-state index in [1.807, 2.05) is 0 Å². The largest absolute Gasteiger partial charge is 0.477 e. The molecule has 18 heavy (non-hydrogen) atoms. The van der Waals surface area contributed by atoms with Gasteiger partial charge in [0.15, 0.2) is 0 Å². The molecule has 0 aliphatic heterocycles. The summed E-state index contributed by atoms with van der Waals surface area (Å²) in [4.78, 5) is 10.1. The van der Waals surface area contributed by atoms with E-state index in [0.717, 1.165) is 12.1 Å². The number of carboxylic acid groups (broad SMARTS) is 1. The summed E-state index contributed by atoms with van der Waals surface area (Å²) in [6.07, 6.45) is 0. The van der Waals surface area contributed by atoms with Crippen molar-refractivity contribution in [1.82, 2.24) is 0 Å². The first-order chi connectivity index (χ1) is 8.05. The normalized spacial score (nSPS) is 16.1. The summed E-state index contributed by atoms with van der Waals surface area (Å²) in [5.41, 5.74) is 3.12. The molecule has 1 aromatic rings. The summed E-state index contributed by atoms with van der Waals surface area (Å²) in [6, 6.07) is 4.74. The van der Waals surface area contributed by atoms with Gasteiger partial charge in [-0.05, 0) is 0 Å². The van der Waals surface area contributed by atoms with Crippen LogP contribution in [0.5, 0.6) is 0 Å². The van der Waals surface area contributed by atoms with E-state index in [-0.39, 0.29) is 0 Å². The van der Waals surface area contributed by atoms with Gasteiger partial charge in [0.1, 0.15) is 0 Å². The maximum atomic E-state index is 13.5. The molecule has 100 valence electrons. The van der Waals surface area contributed by atoms with Crippen LogP contribution in [0, 0.1) is 0 Å². The molecule has 1 atom stereocenters. The van der Waals surface area contributed by atoms with Gasteiger partial charge in [0.05, 0.1) is 0 Å². The van der Waals surface area contributed by atoms with Gasteiger partial charge < -0.3 is 5.11 Å². The molecule has 0 spiro atoms. The molecule has 0 fully saturated rings. The molecule has 0 saturated carbocycles. The number of halogens is 5. The number of hydrogen-bond acceptors (Lipinski definition) is 2. The number of carbonyl (C=O) groups is 1. The molecular weight excluding hydrogens is 261 g/mol. The van der Waals surface area contributed by atoms with Crippen molar-refractivity contribution in [3.8, 4) is 0 Å². The van der Waals surface area contributed by atoms with E-state index in [2.05, 4.69) is 5.73 Å². The van der Waals surface area contributed by atoms with Crippen LogP contribution in [0.15, 0.2) is 30.3 Å². The summed E-state index contributed by atoms with van der Waals surface area (Å²) >= 11 is 0. The van der Waals surface area contributed by atoms with Crippen LogP contribution in [0.1, 0.15) is 5.56 Å². The molecule has 0 saturated heterocycles. The Bertz CT molecular complexity index is 447. The Morgan fingerprint density at radius 3 is 1.89 bits per heavy atom. The lowest BCUT2D eigenvalue weighted by molar-refractivity contribution is -0.253. The molecule has 3 N–H and O–H groups in total. The Labute approximate surface area is 98.0 Å². The fourth-order valence-electron chi connectivity index (χ4n) is 1.21. The van der Waals surface area contributed by atoms with E-state index in [1.165, 1.54) is 6.07 Å². The zero-order valence-corrected chi connectivity index (χ0v) is 8.71. The monoisotopic (exact) mass is 269 g/mol. The van der Waals surface area contributed by atoms with E-state index < -0.39 is 29.2 Å². The van der Waals surface area contributed by atoms with Gasteiger partial charge >= 0.3 is 23.6 Å². The van der Waals surface area contributed by atoms with Crippen LogP contribution in [0.4, 0.5) is 22.0 Å². The zero-order chi connectivity index (χ0) is 14.2. The highest BCUT2D eigenvalue weighted by Gasteiger charge is 2.72. The lowest BCUT2D eigenvalue weighted by Gasteiger charge is -2.33. The minimum atomic E-state index is -5.44. The molecule has 1 aromatic carbocycles.